The average Bonchev–Trinajstić information content (AvgIpc) is 3.45. The molecule has 2 aromatic rings. The van der Waals surface area contributed by atoms with Crippen molar-refractivity contribution in [2.75, 3.05) is 4.72 Å². The van der Waals surface area contributed by atoms with Gasteiger partial charge in [0.1, 0.15) is 0 Å². The average molecular weight is 399 g/mol. The highest BCUT2D eigenvalue weighted by molar-refractivity contribution is 7.92. The minimum atomic E-state index is -3.60. The van der Waals surface area contributed by atoms with Crippen LogP contribution in [0.3, 0.4) is 0 Å². The summed E-state index contributed by atoms with van der Waals surface area (Å²) in [6.07, 6.45) is 4.24. The highest BCUT2D eigenvalue weighted by atomic mass is 32.2. The van der Waals surface area contributed by atoms with Crippen LogP contribution in [0, 0.1) is 11.3 Å². The van der Waals surface area contributed by atoms with Crippen molar-refractivity contribution in [3.8, 4) is 0 Å². The van der Waals surface area contributed by atoms with E-state index in [9.17, 15) is 8.42 Å². The molecular weight excluding hydrogens is 368 g/mol. The molecule has 0 amide bonds. The third kappa shape index (κ3) is 5.44. The number of anilines is 1. The summed E-state index contributed by atoms with van der Waals surface area (Å²) in [4.78, 5) is 0.267. The summed E-state index contributed by atoms with van der Waals surface area (Å²) < 4.78 is 27.9. The maximum atomic E-state index is 12.6. The van der Waals surface area contributed by atoms with E-state index in [4.69, 9.17) is 5.41 Å². The van der Waals surface area contributed by atoms with Gasteiger partial charge in [0.2, 0.25) is 0 Å². The molecule has 0 aliphatic heterocycles. The maximum Gasteiger partial charge on any atom is 0.261 e. The smallest absolute Gasteiger partial charge is 0.261 e. The van der Waals surface area contributed by atoms with Crippen molar-refractivity contribution in [1.29, 1.82) is 5.41 Å². The van der Waals surface area contributed by atoms with Crippen molar-refractivity contribution in [2.24, 2.45) is 5.92 Å². The Bertz CT molecular complexity index is 912. The van der Waals surface area contributed by atoms with Gasteiger partial charge in [-0.05, 0) is 78.8 Å². The lowest BCUT2D eigenvalue weighted by atomic mass is 9.93. The van der Waals surface area contributed by atoms with Crippen molar-refractivity contribution < 1.29 is 8.42 Å². The van der Waals surface area contributed by atoms with Gasteiger partial charge in [-0.3, -0.25) is 4.72 Å². The predicted octanol–water partition coefficient (Wildman–Crippen LogP) is 5.92. The highest BCUT2D eigenvalue weighted by Crippen LogP contribution is 2.34. The van der Waals surface area contributed by atoms with Crippen molar-refractivity contribution in [3.63, 3.8) is 0 Å². The molecule has 1 fully saturated rings. The Hall–Kier alpha value is -2.14. The molecule has 0 unspecified atom stereocenters. The van der Waals surface area contributed by atoms with Gasteiger partial charge >= 0.3 is 0 Å². The van der Waals surface area contributed by atoms with Crippen LogP contribution in [0.15, 0.2) is 53.4 Å². The number of sulfonamides is 1. The van der Waals surface area contributed by atoms with Crippen LogP contribution in [0.1, 0.15) is 69.4 Å². The van der Waals surface area contributed by atoms with Crippen molar-refractivity contribution in [3.05, 3.63) is 59.7 Å². The molecule has 2 aromatic carbocycles. The summed E-state index contributed by atoms with van der Waals surface area (Å²) in [6, 6.07) is 14.5. The van der Waals surface area contributed by atoms with Gasteiger partial charge in [0.05, 0.1) is 4.90 Å². The SMILES string of the molecule is CC(C)c1ccc(S(=O)(=O)Nc2ccc([C@@H](C)CC(=N)CC3CC3)cc2)cc1. The first-order valence-corrected chi connectivity index (χ1v) is 11.5. The molecular formula is C23H30N2O2S. The first-order valence-electron chi connectivity index (χ1n) is 10.0. The first-order chi connectivity index (χ1) is 13.2. The van der Waals surface area contributed by atoms with Crippen LogP contribution in [0.4, 0.5) is 5.69 Å². The van der Waals surface area contributed by atoms with Crippen LogP contribution in [-0.2, 0) is 10.0 Å². The molecule has 1 saturated carbocycles. The summed E-state index contributed by atoms with van der Waals surface area (Å²) in [5, 5.41) is 8.14. The van der Waals surface area contributed by atoms with E-state index in [1.807, 2.05) is 24.3 Å². The fraction of sp³-hybridized carbons (Fsp3) is 0.435. The fourth-order valence-electron chi connectivity index (χ4n) is 3.37. The summed E-state index contributed by atoms with van der Waals surface area (Å²) in [6.45, 7) is 6.28. The first kappa shape index (κ1) is 20.6. The number of benzene rings is 2. The van der Waals surface area contributed by atoms with Crippen LogP contribution in [0.25, 0.3) is 0 Å². The number of nitrogens with one attached hydrogen (secondary N) is 2. The molecule has 1 aliphatic rings. The zero-order valence-corrected chi connectivity index (χ0v) is 17.7. The Labute approximate surface area is 168 Å². The van der Waals surface area contributed by atoms with E-state index in [1.54, 1.807) is 24.3 Å². The second-order valence-electron chi connectivity index (χ2n) is 8.31. The van der Waals surface area contributed by atoms with Gasteiger partial charge in [-0.25, -0.2) is 8.42 Å². The molecule has 2 N–H and O–H groups in total. The van der Waals surface area contributed by atoms with Crippen LogP contribution in [0.5, 0.6) is 0 Å². The quantitative estimate of drug-likeness (QED) is 0.514. The molecule has 4 nitrogen and oxygen atoms in total. The molecule has 150 valence electrons. The molecule has 0 heterocycles. The lowest BCUT2D eigenvalue weighted by Crippen LogP contribution is -2.13. The Morgan fingerprint density at radius 1 is 1.00 bits per heavy atom. The van der Waals surface area contributed by atoms with Crippen LogP contribution < -0.4 is 4.72 Å². The molecule has 0 saturated heterocycles. The fourth-order valence-corrected chi connectivity index (χ4v) is 4.43. The summed E-state index contributed by atoms with van der Waals surface area (Å²) in [7, 11) is -3.60. The molecule has 28 heavy (non-hydrogen) atoms. The minimum Gasteiger partial charge on any atom is -0.310 e. The summed E-state index contributed by atoms with van der Waals surface area (Å²) in [5.41, 5.74) is 3.62. The Morgan fingerprint density at radius 2 is 1.57 bits per heavy atom. The summed E-state index contributed by atoms with van der Waals surface area (Å²) in [5.74, 6) is 1.37. The third-order valence-electron chi connectivity index (χ3n) is 5.37. The van der Waals surface area contributed by atoms with Gasteiger partial charge in [0.25, 0.3) is 10.0 Å². The van der Waals surface area contributed by atoms with E-state index < -0.39 is 10.0 Å². The molecule has 0 bridgehead atoms. The molecule has 0 aromatic heterocycles. The largest absolute Gasteiger partial charge is 0.310 e. The molecule has 0 radical (unpaired) electrons. The van der Waals surface area contributed by atoms with E-state index in [-0.39, 0.29) is 10.8 Å². The zero-order chi connectivity index (χ0) is 20.3. The van der Waals surface area contributed by atoms with E-state index in [2.05, 4.69) is 25.5 Å². The van der Waals surface area contributed by atoms with Gasteiger partial charge in [0.15, 0.2) is 0 Å². The molecule has 1 aliphatic carbocycles. The number of hydrogen-bond acceptors (Lipinski definition) is 3. The van der Waals surface area contributed by atoms with E-state index >= 15 is 0 Å². The van der Waals surface area contributed by atoms with Gasteiger partial charge < -0.3 is 5.41 Å². The van der Waals surface area contributed by atoms with Crippen LogP contribution in [-0.4, -0.2) is 14.1 Å². The maximum absolute atomic E-state index is 12.6. The third-order valence-corrected chi connectivity index (χ3v) is 6.77. The monoisotopic (exact) mass is 398 g/mol. The molecule has 5 heteroatoms. The lowest BCUT2D eigenvalue weighted by molar-refractivity contribution is 0.601. The number of rotatable bonds is 9. The predicted molar refractivity (Wildman–Crippen MR) is 116 cm³/mol. The van der Waals surface area contributed by atoms with E-state index in [0.29, 0.717) is 11.6 Å². The minimum absolute atomic E-state index is 0.264. The van der Waals surface area contributed by atoms with Crippen LogP contribution >= 0.6 is 0 Å². The topological polar surface area (TPSA) is 70.0 Å². The van der Waals surface area contributed by atoms with E-state index in [1.165, 1.54) is 12.8 Å². The standard InChI is InChI=1S/C23H30N2O2S/c1-16(2)19-8-12-23(13-9-19)28(26,27)25-22-10-6-20(7-11-22)17(3)14-21(24)15-18-4-5-18/h6-13,16-18,24-25H,4-5,14-15H2,1-3H3/t17-/m0/s1. The Balaban J connectivity index is 1.63. The second-order valence-corrected chi connectivity index (χ2v) is 9.99. The Kier molecular flexibility index (Phi) is 6.23. The zero-order valence-electron chi connectivity index (χ0n) is 16.9. The van der Waals surface area contributed by atoms with Gasteiger partial charge in [-0.1, -0.05) is 45.0 Å². The van der Waals surface area contributed by atoms with Gasteiger partial charge in [-0.15, -0.1) is 0 Å². The molecule has 0 spiro atoms. The Morgan fingerprint density at radius 3 is 2.11 bits per heavy atom. The molecule has 1 atom stereocenters. The summed E-state index contributed by atoms with van der Waals surface area (Å²) >= 11 is 0. The number of hydrogen-bond donors (Lipinski definition) is 2. The van der Waals surface area contributed by atoms with E-state index in [0.717, 1.165) is 35.6 Å². The normalized spacial score (nSPS) is 15.4. The van der Waals surface area contributed by atoms with Crippen LogP contribution in [0.2, 0.25) is 0 Å². The lowest BCUT2D eigenvalue weighted by Gasteiger charge is -2.14. The van der Waals surface area contributed by atoms with Crippen molar-refractivity contribution >= 4 is 21.4 Å². The van der Waals surface area contributed by atoms with Gasteiger partial charge in [0, 0.05) is 11.4 Å². The second kappa shape index (κ2) is 8.48. The van der Waals surface area contributed by atoms with Crippen molar-refractivity contribution in [1.82, 2.24) is 0 Å². The van der Waals surface area contributed by atoms with Gasteiger partial charge in [-0.2, -0.15) is 0 Å². The molecule has 3 rings (SSSR count). The highest BCUT2D eigenvalue weighted by Gasteiger charge is 2.23. The van der Waals surface area contributed by atoms with Crippen molar-refractivity contribution in [2.45, 2.75) is 63.2 Å².